The SMILES string of the molecule is N=C(N)c1ccc([N+](=O)[O-])c(C(F)(F)F)c1. The molecule has 0 aromatic heterocycles. The van der Waals surface area contributed by atoms with Crippen molar-refractivity contribution in [2.75, 3.05) is 0 Å². The number of nitrogens with one attached hydrogen (secondary N) is 1. The molecule has 0 spiro atoms. The molecule has 0 heterocycles. The molecular weight excluding hydrogens is 227 g/mol. The van der Waals surface area contributed by atoms with E-state index in [0.29, 0.717) is 12.1 Å². The highest BCUT2D eigenvalue weighted by molar-refractivity contribution is 5.95. The van der Waals surface area contributed by atoms with E-state index in [1.165, 1.54) is 0 Å². The van der Waals surface area contributed by atoms with Crippen LogP contribution in [-0.2, 0) is 6.18 Å². The molecule has 86 valence electrons. The number of hydrogen-bond donors (Lipinski definition) is 2. The zero-order valence-electron chi connectivity index (χ0n) is 7.71. The summed E-state index contributed by atoms with van der Waals surface area (Å²) in [5.74, 6) is -0.583. The van der Waals surface area contributed by atoms with E-state index in [9.17, 15) is 23.3 Å². The standard InChI is InChI=1S/C8H6F3N3O2/c9-8(10,11)5-3-4(7(12)13)1-2-6(5)14(15)16/h1-3H,(H3,12,13). The van der Waals surface area contributed by atoms with Crippen LogP contribution in [0.1, 0.15) is 11.1 Å². The van der Waals surface area contributed by atoms with E-state index in [1.54, 1.807) is 0 Å². The van der Waals surface area contributed by atoms with Crippen molar-refractivity contribution in [2.24, 2.45) is 5.73 Å². The van der Waals surface area contributed by atoms with E-state index < -0.39 is 28.2 Å². The van der Waals surface area contributed by atoms with E-state index in [1.807, 2.05) is 0 Å². The third kappa shape index (κ3) is 2.27. The molecular formula is C8H6F3N3O2. The van der Waals surface area contributed by atoms with Crippen molar-refractivity contribution in [3.63, 3.8) is 0 Å². The fourth-order valence-corrected chi connectivity index (χ4v) is 1.09. The van der Waals surface area contributed by atoms with Crippen molar-refractivity contribution in [1.82, 2.24) is 0 Å². The number of nitro benzene ring substituents is 1. The van der Waals surface area contributed by atoms with Gasteiger partial charge in [-0.25, -0.2) is 0 Å². The van der Waals surface area contributed by atoms with Gasteiger partial charge in [0.2, 0.25) is 0 Å². The van der Waals surface area contributed by atoms with Crippen LogP contribution in [0, 0.1) is 15.5 Å². The number of nitrogen functional groups attached to an aromatic ring is 1. The molecule has 5 nitrogen and oxygen atoms in total. The highest BCUT2D eigenvalue weighted by Gasteiger charge is 2.38. The number of benzene rings is 1. The van der Waals surface area contributed by atoms with Crippen LogP contribution in [0.2, 0.25) is 0 Å². The zero-order valence-corrected chi connectivity index (χ0v) is 7.71. The van der Waals surface area contributed by atoms with E-state index >= 15 is 0 Å². The molecule has 3 N–H and O–H groups in total. The number of nitrogens with zero attached hydrogens (tertiary/aromatic N) is 1. The predicted octanol–water partition coefficient (Wildman–Crippen LogP) is 1.90. The number of hydrogen-bond acceptors (Lipinski definition) is 3. The van der Waals surface area contributed by atoms with Crippen LogP contribution in [0.5, 0.6) is 0 Å². The first-order valence-electron chi connectivity index (χ1n) is 3.93. The normalized spacial score (nSPS) is 11.2. The largest absolute Gasteiger partial charge is 0.423 e. The van der Waals surface area contributed by atoms with Gasteiger partial charge in [0.15, 0.2) is 0 Å². The van der Waals surface area contributed by atoms with Crippen molar-refractivity contribution >= 4 is 11.5 Å². The molecule has 1 aromatic rings. The molecule has 0 aliphatic carbocycles. The van der Waals surface area contributed by atoms with E-state index in [4.69, 9.17) is 11.1 Å². The van der Waals surface area contributed by atoms with Crippen molar-refractivity contribution in [3.05, 3.63) is 39.4 Å². The summed E-state index contributed by atoms with van der Waals surface area (Å²) in [6.45, 7) is 0. The van der Waals surface area contributed by atoms with Crippen molar-refractivity contribution in [3.8, 4) is 0 Å². The van der Waals surface area contributed by atoms with Crippen LogP contribution in [0.25, 0.3) is 0 Å². The Bertz CT molecular complexity index is 456. The quantitative estimate of drug-likeness (QED) is 0.353. The molecule has 1 rings (SSSR count). The van der Waals surface area contributed by atoms with Crippen LogP contribution < -0.4 is 5.73 Å². The summed E-state index contributed by atoms with van der Waals surface area (Å²) in [6.07, 6.45) is -4.85. The smallest absolute Gasteiger partial charge is 0.384 e. The van der Waals surface area contributed by atoms with Gasteiger partial charge in [0.05, 0.1) is 4.92 Å². The molecule has 0 atom stereocenters. The molecule has 0 amide bonds. The molecule has 0 fully saturated rings. The van der Waals surface area contributed by atoms with Gasteiger partial charge in [0, 0.05) is 11.6 Å². The van der Waals surface area contributed by atoms with Gasteiger partial charge in [-0.2, -0.15) is 13.2 Å². The molecule has 16 heavy (non-hydrogen) atoms. The summed E-state index contributed by atoms with van der Waals surface area (Å²) in [7, 11) is 0. The fourth-order valence-electron chi connectivity index (χ4n) is 1.09. The number of nitro groups is 1. The van der Waals surface area contributed by atoms with Crippen molar-refractivity contribution in [1.29, 1.82) is 5.41 Å². The molecule has 8 heteroatoms. The maximum absolute atomic E-state index is 12.4. The Morgan fingerprint density at radius 2 is 2.00 bits per heavy atom. The fraction of sp³-hybridized carbons (Fsp3) is 0.125. The average Bonchev–Trinajstić information content (AvgIpc) is 2.15. The number of rotatable bonds is 2. The third-order valence-electron chi connectivity index (χ3n) is 1.81. The topological polar surface area (TPSA) is 93.0 Å². The van der Waals surface area contributed by atoms with Gasteiger partial charge in [0.25, 0.3) is 5.69 Å². The Labute approximate surface area is 87.3 Å². The van der Waals surface area contributed by atoms with Crippen LogP contribution in [0.4, 0.5) is 18.9 Å². The summed E-state index contributed by atoms with van der Waals surface area (Å²) in [6, 6.07) is 2.16. The van der Waals surface area contributed by atoms with Crippen molar-refractivity contribution < 1.29 is 18.1 Å². The first kappa shape index (κ1) is 12.0. The zero-order chi connectivity index (χ0) is 12.5. The van der Waals surface area contributed by atoms with Gasteiger partial charge < -0.3 is 5.73 Å². The first-order valence-corrected chi connectivity index (χ1v) is 3.93. The lowest BCUT2D eigenvalue weighted by Gasteiger charge is -2.08. The first-order chi connectivity index (χ1) is 7.23. The van der Waals surface area contributed by atoms with Crippen LogP contribution >= 0.6 is 0 Å². The van der Waals surface area contributed by atoms with E-state index in [2.05, 4.69) is 0 Å². The molecule has 0 saturated heterocycles. The average molecular weight is 233 g/mol. The Kier molecular flexibility index (Phi) is 2.84. The van der Waals surface area contributed by atoms with Gasteiger partial charge in [-0.3, -0.25) is 15.5 Å². The van der Waals surface area contributed by atoms with Gasteiger partial charge >= 0.3 is 6.18 Å². The summed E-state index contributed by atoms with van der Waals surface area (Å²) in [5.41, 5.74) is 2.32. The molecule has 0 saturated carbocycles. The number of nitrogens with two attached hydrogens (primary N) is 1. The van der Waals surface area contributed by atoms with Crippen molar-refractivity contribution in [2.45, 2.75) is 6.18 Å². The van der Waals surface area contributed by atoms with Crippen LogP contribution in [0.15, 0.2) is 18.2 Å². The van der Waals surface area contributed by atoms with Crippen LogP contribution in [-0.4, -0.2) is 10.8 Å². The molecule has 0 aliphatic heterocycles. The highest BCUT2D eigenvalue weighted by Crippen LogP contribution is 2.36. The maximum atomic E-state index is 12.4. The minimum Gasteiger partial charge on any atom is -0.384 e. The lowest BCUT2D eigenvalue weighted by Crippen LogP contribution is -2.15. The van der Waals surface area contributed by atoms with E-state index in [0.717, 1.165) is 6.07 Å². The summed E-state index contributed by atoms with van der Waals surface area (Å²) in [4.78, 5) is 9.24. The number of alkyl halides is 3. The lowest BCUT2D eigenvalue weighted by molar-refractivity contribution is -0.388. The Morgan fingerprint density at radius 3 is 2.38 bits per heavy atom. The number of halogens is 3. The molecule has 0 unspecified atom stereocenters. The second-order valence-corrected chi connectivity index (χ2v) is 2.90. The monoisotopic (exact) mass is 233 g/mol. The van der Waals surface area contributed by atoms with E-state index in [-0.39, 0.29) is 5.56 Å². The van der Waals surface area contributed by atoms with Gasteiger partial charge in [-0.15, -0.1) is 0 Å². The second kappa shape index (κ2) is 3.80. The Morgan fingerprint density at radius 1 is 1.44 bits per heavy atom. The lowest BCUT2D eigenvalue weighted by atomic mass is 10.1. The molecule has 1 aromatic carbocycles. The molecule has 0 bridgehead atoms. The van der Waals surface area contributed by atoms with Gasteiger partial charge in [-0.1, -0.05) is 0 Å². The third-order valence-corrected chi connectivity index (χ3v) is 1.81. The summed E-state index contributed by atoms with van der Waals surface area (Å²) < 4.78 is 37.3. The summed E-state index contributed by atoms with van der Waals surface area (Å²) >= 11 is 0. The number of amidine groups is 1. The minimum atomic E-state index is -4.85. The maximum Gasteiger partial charge on any atom is 0.423 e. The minimum absolute atomic E-state index is 0.210. The second-order valence-electron chi connectivity index (χ2n) is 2.90. The van der Waals surface area contributed by atoms with Gasteiger partial charge in [-0.05, 0) is 12.1 Å². The Hall–Kier alpha value is -2.12. The van der Waals surface area contributed by atoms with Crippen LogP contribution in [0.3, 0.4) is 0 Å². The van der Waals surface area contributed by atoms with Gasteiger partial charge in [0.1, 0.15) is 11.4 Å². The Balaban J connectivity index is 3.45. The molecule has 0 radical (unpaired) electrons. The molecule has 0 aliphatic rings. The highest BCUT2D eigenvalue weighted by atomic mass is 19.4. The predicted molar refractivity (Wildman–Crippen MR) is 49.1 cm³/mol. The summed E-state index contributed by atoms with van der Waals surface area (Å²) in [5, 5.41) is 17.3.